The number of carbonyl (C=O) groups excluding carboxylic acids is 1. The van der Waals surface area contributed by atoms with Gasteiger partial charge in [-0.2, -0.15) is 0 Å². The SMILES string of the molecule is CCN(CCOC)c1sc(C(=O)OC)c(N)c1OC(C)C. The first kappa shape index (κ1) is 17.6. The van der Waals surface area contributed by atoms with Crippen LogP contribution in [0.15, 0.2) is 0 Å². The number of nitrogens with two attached hydrogens (primary N) is 1. The summed E-state index contributed by atoms with van der Waals surface area (Å²) in [5.41, 5.74) is 6.42. The van der Waals surface area contributed by atoms with Crippen molar-refractivity contribution in [3.63, 3.8) is 0 Å². The maximum Gasteiger partial charge on any atom is 0.350 e. The normalized spacial score (nSPS) is 10.8. The summed E-state index contributed by atoms with van der Waals surface area (Å²) in [5, 5.41) is 0.834. The van der Waals surface area contributed by atoms with E-state index < -0.39 is 5.97 Å². The van der Waals surface area contributed by atoms with Crippen LogP contribution < -0.4 is 15.4 Å². The Morgan fingerprint density at radius 3 is 2.52 bits per heavy atom. The molecule has 0 atom stereocenters. The molecule has 0 aromatic carbocycles. The fourth-order valence-electron chi connectivity index (χ4n) is 1.82. The summed E-state index contributed by atoms with van der Waals surface area (Å²) in [6.45, 7) is 7.91. The Morgan fingerprint density at radius 1 is 1.38 bits per heavy atom. The molecule has 21 heavy (non-hydrogen) atoms. The Labute approximate surface area is 129 Å². The minimum Gasteiger partial charge on any atom is -0.486 e. The first-order chi connectivity index (χ1) is 9.96. The maximum atomic E-state index is 11.8. The van der Waals surface area contributed by atoms with E-state index in [2.05, 4.69) is 4.90 Å². The van der Waals surface area contributed by atoms with Crippen LogP contribution in [0.2, 0.25) is 0 Å². The molecule has 0 aliphatic carbocycles. The zero-order valence-corrected chi connectivity index (χ0v) is 14.1. The molecule has 0 aliphatic heterocycles. The standard InChI is InChI=1S/C14H24N2O4S/c1-6-16(7-8-18-4)13-11(20-9(2)3)10(15)12(21-13)14(17)19-5/h9H,6-8,15H2,1-5H3. The zero-order chi connectivity index (χ0) is 16.0. The molecule has 0 bridgehead atoms. The van der Waals surface area contributed by atoms with Crippen molar-refractivity contribution in [1.82, 2.24) is 0 Å². The average Bonchev–Trinajstić information content (AvgIpc) is 2.76. The number of nitrogen functional groups attached to an aromatic ring is 1. The van der Waals surface area contributed by atoms with Crippen LogP contribution in [-0.2, 0) is 9.47 Å². The smallest absolute Gasteiger partial charge is 0.350 e. The molecule has 0 unspecified atom stereocenters. The van der Waals surface area contributed by atoms with E-state index in [1.807, 2.05) is 20.8 Å². The second-order valence-electron chi connectivity index (χ2n) is 4.71. The van der Waals surface area contributed by atoms with Gasteiger partial charge in [0.1, 0.15) is 15.6 Å². The molecule has 0 radical (unpaired) electrons. The molecule has 0 amide bonds. The Morgan fingerprint density at radius 2 is 2.05 bits per heavy atom. The van der Waals surface area contributed by atoms with E-state index in [1.165, 1.54) is 18.4 Å². The number of hydrogen-bond donors (Lipinski definition) is 1. The summed E-state index contributed by atoms with van der Waals surface area (Å²) in [7, 11) is 2.99. The topological polar surface area (TPSA) is 74.0 Å². The molecule has 0 aliphatic rings. The van der Waals surface area contributed by atoms with Crippen LogP contribution in [0.3, 0.4) is 0 Å². The van der Waals surface area contributed by atoms with Crippen molar-refractivity contribution >= 4 is 28.0 Å². The van der Waals surface area contributed by atoms with Crippen LogP contribution in [0.4, 0.5) is 10.7 Å². The number of ether oxygens (including phenoxy) is 3. The number of hydrogen-bond acceptors (Lipinski definition) is 7. The number of thiophene rings is 1. The summed E-state index contributed by atoms with van der Waals surface area (Å²) in [6, 6.07) is 0. The molecule has 1 aromatic heterocycles. The van der Waals surface area contributed by atoms with Crippen LogP contribution >= 0.6 is 11.3 Å². The lowest BCUT2D eigenvalue weighted by Crippen LogP contribution is -2.26. The predicted molar refractivity (Wildman–Crippen MR) is 85.6 cm³/mol. The van der Waals surface area contributed by atoms with Gasteiger partial charge in [-0.25, -0.2) is 4.79 Å². The number of anilines is 2. The number of nitrogens with zero attached hydrogens (tertiary/aromatic N) is 1. The van der Waals surface area contributed by atoms with E-state index in [0.29, 0.717) is 29.5 Å². The molecule has 1 aromatic rings. The third-order valence-corrected chi connectivity index (χ3v) is 4.07. The molecule has 1 rings (SSSR count). The lowest BCUT2D eigenvalue weighted by Gasteiger charge is -2.23. The highest BCUT2D eigenvalue weighted by Crippen LogP contribution is 2.45. The fourth-order valence-corrected chi connectivity index (χ4v) is 2.99. The van der Waals surface area contributed by atoms with Crippen molar-refractivity contribution in [2.75, 3.05) is 44.5 Å². The molecule has 0 saturated heterocycles. The highest BCUT2D eigenvalue weighted by molar-refractivity contribution is 7.19. The van der Waals surface area contributed by atoms with Crippen LogP contribution in [0.25, 0.3) is 0 Å². The second kappa shape index (κ2) is 8.09. The minimum absolute atomic E-state index is 0.0349. The van der Waals surface area contributed by atoms with Crippen LogP contribution in [-0.4, -0.2) is 46.0 Å². The van der Waals surface area contributed by atoms with Crippen molar-refractivity contribution in [2.24, 2.45) is 0 Å². The Hall–Kier alpha value is -1.47. The molecule has 0 spiro atoms. The maximum absolute atomic E-state index is 11.8. The molecule has 1 heterocycles. The van der Waals surface area contributed by atoms with Gasteiger partial charge in [0.05, 0.1) is 19.8 Å². The van der Waals surface area contributed by atoms with Gasteiger partial charge in [0.15, 0.2) is 5.75 Å². The van der Waals surface area contributed by atoms with Crippen molar-refractivity contribution in [3.05, 3.63) is 4.88 Å². The molecule has 0 fully saturated rings. The molecule has 6 nitrogen and oxygen atoms in total. The summed E-state index contributed by atoms with van der Waals surface area (Å²) < 4.78 is 15.7. The van der Waals surface area contributed by atoms with Gasteiger partial charge in [-0.3, -0.25) is 0 Å². The lowest BCUT2D eigenvalue weighted by molar-refractivity contribution is 0.0607. The minimum atomic E-state index is -0.444. The summed E-state index contributed by atoms with van der Waals surface area (Å²) in [6.07, 6.45) is -0.0349. The number of rotatable bonds is 8. The Kier molecular flexibility index (Phi) is 6.77. The number of esters is 1. The van der Waals surface area contributed by atoms with Gasteiger partial charge in [-0.1, -0.05) is 0 Å². The molecule has 0 saturated carbocycles. The Balaban J connectivity index is 3.23. The van der Waals surface area contributed by atoms with Crippen LogP contribution in [0.5, 0.6) is 5.75 Å². The molecular weight excluding hydrogens is 292 g/mol. The summed E-state index contributed by atoms with van der Waals surface area (Å²) in [4.78, 5) is 14.3. The van der Waals surface area contributed by atoms with Gasteiger partial charge in [0, 0.05) is 20.2 Å². The number of methoxy groups -OCH3 is 2. The van der Waals surface area contributed by atoms with Gasteiger partial charge in [-0.15, -0.1) is 11.3 Å². The van der Waals surface area contributed by atoms with E-state index in [1.54, 1.807) is 7.11 Å². The van der Waals surface area contributed by atoms with E-state index in [9.17, 15) is 4.79 Å². The van der Waals surface area contributed by atoms with Crippen molar-refractivity contribution < 1.29 is 19.0 Å². The predicted octanol–water partition coefficient (Wildman–Crippen LogP) is 2.38. The number of likely N-dealkylation sites (N-methyl/N-ethyl adjacent to an activating group) is 1. The van der Waals surface area contributed by atoms with E-state index in [4.69, 9.17) is 19.9 Å². The lowest BCUT2D eigenvalue weighted by atomic mass is 10.3. The molecular formula is C14H24N2O4S. The summed E-state index contributed by atoms with van der Waals surface area (Å²) in [5.74, 6) is 0.105. The summed E-state index contributed by atoms with van der Waals surface area (Å²) >= 11 is 1.29. The van der Waals surface area contributed by atoms with Crippen molar-refractivity contribution in [3.8, 4) is 5.75 Å². The van der Waals surface area contributed by atoms with Crippen LogP contribution in [0, 0.1) is 0 Å². The first-order valence-electron chi connectivity index (χ1n) is 6.87. The number of carbonyl (C=O) groups is 1. The zero-order valence-electron chi connectivity index (χ0n) is 13.3. The van der Waals surface area contributed by atoms with Gasteiger partial charge in [0.2, 0.25) is 0 Å². The van der Waals surface area contributed by atoms with Crippen molar-refractivity contribution in [2.45, 2.75) is 26.9 Å². The molecule has 7 heteroatoms. The third kappa shape index (κ3) is 4.25. The van der Waals surface area contributed by atoms with Gasteiger partial charge >= 0.3 is 5.97 Å². The van der Waals surface area contributed by atoms with E-state index in [-0.39, 0.29) is 6.10 Å². The van der Waals surface area contributed by atoms with Crippen molar-refractivity contribution in [1.29, 1.82) is 0 Å². The average molecular weight is 316 g/mol. The van der Waals surface area contributed by atoms with Gasteiger partial charge in [-0.05, 0) is 20.8 Å². The van der Waals surface area contributed by atoms with E-state index in [0.717, 1.165) is 11.5 Å². The Bertz CT molecular complexity index is 474. The monoisotopic (exact) mass is 316 g/mol. The highest BCUT2D eigenvalue weighted by atomic mass is 32.1. The second-order valence-corrected chi connectivity index (χ2v) is 5.71. The quantitative estimate of drug-likeness (QED) is 0.742. The highest BCUT2D eigenvalue weighted by Gasteiger charge is 2.26. The van der Waals surface area contributed by atoms with E-state index >= 15 is 0 Å². The first-order valence-corrected chi connectivity index (χ1v) is 7.68. The molecule has 2 N–H and O–H groups in total. The largest absolute Gasteiger partial charge is 0.486 e. The van der Waals surface area contributed by atoms with Gasteiger partial charge in [0.25, 0.3) is 0 Å². The van der Waals surface area contributed by atoms with Crippen LogP contribution in [0.1, 0.15) is 30.4 Å². The van der Waals surface area contributed by atoms with Gasteiger partial charge < -0.3 is 24.8 Å². The molecule has 120 valence electrons. The third-order valence-electron chi connectivity index (χ3n) is 2.84. The fraction of sp³-hybridized carbons (Fsp3) is 0.643.